The van der Waals surface area contributed by atoms with Crippen molar-refractivity contribution in [2.75, 3.05) is 25.3 Å². The van der Waals surface area contributed by atoms with Crippen LogP contribution in [0.25, 0.3) is 21.9 Å². The van der Waals surface area contributed by atoms with Gasteiger partial charge >= 0.3 is 0 Å². The van der Waals surface area contributed by atoms with Crippen molar-refractivity contribution in [2.45, 2.75) is 5.03 Å². The number of carbonyl (C=O) groups excluding carboxylic acids is 1. The summed E-state index contributed by atoms with van der Waals surface area (Å²) < 4.78 is 10.8. The lowest BCUT2D eigenvalue weighted by atomic mass is 10.2. The molecule has 0 aliphatic rings. The molecule has 4 aromatic rings. The van der Waals surface area contributed by atoms with E-state index in [4.69, 9.17) is 9.47 Å². The molecule has 28 heavy (non-hydrogen) atoms. The highest BCUT2D eigenvalue weighted by Crippen LogP contribution is 2.36. The minimum absolute atomic E-state index is 0.0950. The van der Waals surface area contributed by atoms with E-state index >= 15 is 0 Å². The number of aromatic nitrogens is 3. The van der Waals surface area contributed by atoms with Gasteiger partial charge in [-0.25, -0.2) is 9.97 Å². The third-order valence-corrected chi connectivity index (χ3v) is 5.24. The van der Waals surface area contributed by atoms with Gasteiger partial charge in [0.1, 0.15) is 16.9 Å². The van der Waals surface area contributed by atoms with Gasteiger partial charge in [0.25, 0.3) is 0 Å². The highest BCUT2D eigenvalue weighted by atomic mass is 32.2. The minimum Gasteiger partial charge on any atom is -0.493 e. The van der Waals surface area contributed by atoms with Crippen molar-refractivity contribution in [3.05, 3.63) is 48.8 Å². The number of hydrogen-bond acceptors (Lipinski definition) is 6. The number of H-pyrrole nitrogens is 1. The molecule has 1 amide bonds. The van der Waals surface area contributed by atoms with Crippen LogP contribution in [0, 0.1) is 0 Å². The largest absolute Gasteiger partial charge is 0.493 e. The molecule has 142 valence electrons. The Balaban J connectivity index is 1.61. The average molecular weight is 394 g/mol. The van der Waals surface area contributed by atoms with E-state index in [1.54, 1.807) is 14.2 Å². The summed E-state index contributed by atoms with van der Waals surface area (Å²) in [6.45, 7) is 0. The normalized spacial score (nSPS) is 10.9. The van der Waals surface area contributed by atoms with E-state index < -0.39 is 0 Å². The Morgan fingerprint density at radius 2 is 1.86 bits per heavy atom. The van der Waals surface area contributed by atoms with E-state index in [1.165, 1.54) is 18.1 Å². The van der Waals surface area contributed by atoms with Gasteiger partial charge in [0.05, 0.1) is 31.0 Å². The van der Waals surface area contributed by atoms with E-state index in [1.807, 2.05) is 42.5 Å². The Bertz CT molecular complexity index is 1140. The number of carbonyl (C=O) groups is 1. The van der Waals surface area contributed by atoms with Crippen LogP contribution < -0.4 is 14.8 Å². The van der Waals surface area contributed by atoms with Gasteiger partial charge in [-0.15, -0.1) is 0 Å². The number of anilines is 1. The van der Waals surface area contributed by atoms with Crippen molar-refractivity contribution < 1.29 is 14.3 Å². The Kier molecular flexibility index (Phi) is 5.03. The zero-order chi connectivity index (χ0) is 19.5. The van der Waals surface area contributed by atoms with Gasteiger partial charge in [0.2, 0.25) is 5.91 Å². The summed E-state index contributed by atoms with van der Waals surface area (Å²) >= 11 is 1.36. The number of nitrogens with zero attached hydrogens (tertiary/aromatic N) is 2. The molecule has 0 saturated carbocycles. The van der Waals surface area contributed by atoms with Crippen molar-refractivity contribution in [1.82, 2.24) is 15.0 Å². The molecule has 0 aliphatic carbocycles. The number of rotatable bonds is 6. The lowest BCUT2D eigenvalue weighted by Crippen LogP contribution is -2.14. The number of ether oxygens (including phenoxy) is 2. The van der Waals surface area contributed by atoms with Gasteiger partial charge in [-0.3, -0.25) is 4.79 Å². The monoisotopic (exact) mass is 394 g/mol. The Hall–Kier alpha value is -3.26. The molecule has 0 radical (unpaired) electrons. The van der Waals surface area contributed by atoms with Crippen LogP contribution in [-0.2, 0) is 4.79 Å². The maximum absolute atomic E-state index is 12.2. The fourth-order valence-corrected chi connectivity index (χ4v) is 3.71. The second-order valence-electron chi connectivity index (χ2n) is 5.98. The minimum atomic E-state index is -0.0950. The number of amides is 1. The Morgan fingerprint density at radius 3 is 2.61 bits per heavy atom. The first-order valence-electron chi connectivity index (χ1n) is 8.55. The zero-order valence-electron chi connectivity index (χ0n) is 15.4. The molecular weight excluding hydrogens is 376 g/mol. The Labute approximate surface area is 165 Å². The van der Waals surface area contributed by atoms with E-state index in [9.17, 15) is 4.79 Å². The second-order valence-corrected chi connectivity index (χ2v) is 6.95. The van der Waals surface area contributed by atoms with Gasteiger partial charge in [-0.1, -0.05) is 30.0 Å². The summed E-state index contributed by atoms with van der Waals surface area (Å²) in [4.78, 5) is 24.3. The van der Waals surface area contributed by atoms with E-state index in [2.05, 4.69) is 20.3 Å². The van der Waals surface area contributed by atoms with Crippen LogP contribution >= 0.6 is 11.8 Å². The molecular formula is C20H18N4O3S. The Morgan fingerprint density at radius 1 is 1.11 bits per heavy atom. The molecule has 7 nitrogen and oxygen atoms in total. The third-order valence-electron chi connectivity index (χ3n) is 4.25. The standard InChI is InChI=1S/C20H18N4O3S/c1-26-15-8-13-14(9-16(15)27-2)24-19-18(13)21-11-22-20(19)28-10-17(25)23-12-6-4-3-5-7-12/h3-9,11,24H,10H2,1-2H3,(H,23,25). The van der Waals surface area contributed by atoms with Crippen molar-refractivity contribution in [1.29, 1.82) is 0 Å². The van der Waals surface area contributed by atoms with Gasteiger partial charge in [-0.05, 0) is 18.2 Å². The average Bonchev–Trinajstić information content (AvgIpc) is 3.10. The maximum atomic E-state index is 12.2. The molecule has 2 N–H and O–H groups in total. The zero-order valence-corrected chi connectivity index (χ0v) is 16.2. The van der Waals surface area contributed by atoms with Crippen molar-refractivity contribution >= 4 is 45.3 Å². The van der Waals surface area contributed by atoms with Gasteiger partial charge < -0.3 is 19.8 Å². The van der Waals surface area contributed by atoms with Gasteiger partial charge in [-0.2, -0.15) is 0 Å². The predicted octanol–water partition coefficient (Wildman–Crippen LogP) is 3.86. The third kappa shape index (κ3) is 3.46. The number of thioether (sulfide) groups is 1. The summed E-state index contributed by atoms with van der Waals surface area (Å²) in [6, 6.07) is 13.1. The van der Waals surface area contributed by atoms with E-state index in [0.29, 0.717) is 16.5 Å². The lowest BCUT2D eigenvalue weighted by molar-refractivity contribution is -0.113. The molecule has 2 aromatic carbocycles. The van der Waals surface area contributed by atoms with Crippen LogP contribution in [0.1, 0.15) is 0 Å². The molecule has 0 aliphatic heterocycles. The summed E-state index contributed by atoms with van der Waals surface area (Å²) in [5.41, 5.74) is 3.19. The molecule has 0 atom stereocenters. The first-order valence-corrected chi connectivity index (χ1v) is 9.54. The van der Waals surface area contributed by atoms with Crippen molar-refractivity contribution in [3.8, 4) is 11.5 Å². The number of methoxy groups -OCH3 is 2. The number of hydrogen-bond donors (Lipinski definition) is 2. The highest BCUT2D eigenvalue weighted by molar-refractivity contribution is 8.00. The highest BCUT2D eigenvalue weighted by Gasteiger charge is 2.15. The first kappa shape index (κ1) is 18.1. The summed E-state index contributed by atoms with van der Waals surface area (Å²) in [5.74, 6) is 1.41. The summed E-state index contributed by atoms with van der Waals surface area (Å²) in [6.07, 6.45) is 1.50. The van der Waals surface area contributed by atoms with E-state index in [0.717, 1.165) is 27.6 Å². The van der Waals surface area contributed by atoms with Crippen LogP contribution in [0.15, 0.2) is 53.8 Å². The number of para-hydroxylation sites is 1. The fraction of sp³-hybridized carbons (Fsp3) is 0.150. The summed E-state index contributed by atoms with van der Waals surface area (Å²) in [5, 5.41) is 4.49. The van der Waals surface area contributed by atoms with E-state index in [-0.39, 0.29) is 11.7 Å². The molecule has 4 rings (SSSR count). The molecule has 2 aromatic heterocycles. The van der Waals surface area contributed by atoms with Crippen LogP contribution in [-0.4, -0.2) is 40.8 Å². The molecule has 0 spiro atoms. The summed E-state index contributed by atoms with van der Waals surface area (Å²) in [7, 11) is 3.19. The van der Waals surface area contributed by atoms with Crippen LogP contribution in [0.4, 0.5) is 5.69 Å². The fourth-order valence-electron chi connectivity index (χ4n) is 2.96. The lowest BCUT2D eigenvalue weighted by Gasteiger charge is -2.06. The van der Waals surface area contributed by atoms with Crippen molar-refractivity contribution in [2.24, 2.45) is 0 Å². The van der Waals surface area contributed by atoms with Gasteiger partial charge in [0, 0.05) is 17.1 Å². The SMILES string of the molecule is COc1cc2[nH]c3c(SCC(=O)Nc4ccccc4)ncnc3c2cc1OC. The quantitative estimate of drug-likeness (QED) is 0.381. The molecule has 0 fully saturated rings. The predicted molar refractivity (Wildman–Crippen MR) is 110 cm³/mol. The topological polar surface area (TPSA) is 89.1 Å². The molecule has 0 bridgehead atoms. The molecule has 8 heteroatoms. The van der Waals surface area contributed by atoms with Crippen LogP contribution in [0.2, 0.25) is 0 Å². The molecule has 2 heterocycles. The smallest absolute Gasteiger partial charge is 0.234 e. The number of benzene rings is 2. The van der Waals surface area contributed by atoms with Crippen molar-refractivity contribution in [3.63, 3.8) is 0 Å². The molecule has 0 saturated heterocycles. The van der Waals surface area contributed by atoms with Gasteiger partial charge in [0.15, 0.2) is 11.5 Å². The van der Waals surface area contributed by atoms with Crippen LogP contribution in [0.3, 0.4) is 0 Å². The number of nitrogens with one attached hydrogen (secondary N) is 2. The first-order chi connectivity index (χ1) is 13.7. The maximum Gasteiger partial charge on any atom is 0.234 e. The van der Waals surface area contributed by atoms with Crippen LogP contribution in [0.5, 0.6) is 11.5 Å². The number of aromatic amines is 1. The number of fused-ring (bicyclic) bond motifs is 3. The second kappa shape index (κ2) is 7.77. The molecule has 0 unspecified atom stereocenters.